The fraction of sp³-hybridized carbons (Fsp3) is 0.300. The Morgan fingerprint density at radius 2 is 0.886 bits per heavy atom. The second-order valence-corrected chi connectivity index (χ2v) is 12.4. The highest BCUT2D eigenvalue weighted by Crippen LogP contribution is 2.55. The van der Waals surface area contributed by atoms with Crippen LogP contribution < -0.4 is 0 Å². The Hall–Kier alpha value is -4.44. The number of carbonyl (C=O) groups is 4. The van der Waals surface area contributed by atoms with Crippen LogP contribution in [0.3, 0.4) is 0 Å². The van der Waals surface area contributed by atoms with E-state index in [0.29, 0.717) is 22.3 Å². The Labute approximate surface area is 259 Å². The van der Waals surface area contributed by atoms with Gasteiger partial charge in [-0.1, -0.05) is 94.4 Å². The first kappa shape index (κ1) is 29.6. The molecular weight excluding hydrogens is 544 g/mol. The molecule has 4 nitrogen and oxygen atoms in total. The predicted molar refractivity (Wildman–Crippen MR) is 174 cm³/mol. The van der Waals surface area contributed by atoms with Crippen LogP contribution in [-0.2, 0) is 0 Å². The minimum atomic E-state index is -0.0573. The predicted octanol–water partition coefficient (Wildman–Crippen LogP) is 9.12. The van der Waals surface area contributed by atoms with Gasteiger partial charge in [-0.25, -0.2) is 0 Å². The van der Waals surface area contributed by atoms with E-state index in [2.05, 4.69) is 52.0 Å². The minimum Gasteiger partial charge on any atom is -0.298 e. The Balaban J connectivity index is 1.72. The van der Waals surface area contributed by atoms with Gasteiger partial charge in [0, 0.05) is 45.9 Å². The van der Waals surface area contributed by atoms with Crippen LogP contribution in [0.5, 0.6) is 0 Å². The summed E-state index contributed by atoms with van der Waals surface area (Å²) in [5.41, 5.74) is 12.2. The maximum atomic E-state index is 12.4. The van der Waals surface area contributed by atoms with Crippen molar-refractivity contribution in [2.24, 2.45) is 0 Å². The van der Waals surface area contributed by atoms with Crippen molar-refractivity contribution in [3.8, 4) is 0 Å². The standard InChI is InChI=1S/C40H38O4/c1-5-31-25-9-12-29(21-43)37(17-25)33(7-3)34-15-14-30(22-44)40-38(23(4)39(34)40)26-10-13-28(20-42)36(18-26)32(6-2)24-8-11-27(19-41)35(31)16-24/h8-23,31-33,38H,5-7H2,1-4H3. The van der Waals surface area contributed by atoms with Gasteiger partial charge in [-0.15, -0.1) is 0 Å². The Kier molecular flexibility index (Phi) is 8.02. The molecule has 0 saturated carbocycles. The molecule has 0 heterocycles. The average Bonchev–Trinajstić information content (AvgIpc) is 3.05. The normalized spacial score (nSPS) is 21.6. The summed E-state index contributed by atoms with van der Waals surface area (Å²) in [7, 11) is 0. The Morgan fingerprint density at radius 3 is 1.34 bits per heavy atom. The van der Waals surface area contributed by atoms with Crippen LogP contribution in [0.4, 0.5) is 0 Å². The molecule has 222 valence electrons. The van der Waals surface area contributed by atoms with Crippen molar-refractivity contribution >= 4 is 25.1 Å². The Morgan fingerprint density at radius 1 is 0.477 bits per heavy atom. The lowest BCUT2D eigenvalue weighted by atomic mass is 9.60. The third kappa shape index (κ3) is 4.51. The molecule has 4 heteroatoms. The molecule has 0 radical (unpaired) electrons. The van der Waals surface area contributed by atoms with Crippen molar-refractivity contribution in [2.75, 3.05) is 0 Å². The molecule has 44 heavy (non-hydrogen) atoms. The summed E-state index contributed by atoms with van der Waals surface area (Å²) in [6.45, 7) is 8.62. The Bertz CT molecular complexity index is 1750. The van der Waals surface area contributed by atoms with E-state index in [1.165, 1.54) is 5.56 Å². The maximum absolute atomic E-state index is 12.4. The molecule has 4 aromatic carbocycles. The zero-order valence-corrected chi connectivity index (χ0v) is 25.8. The summed E-state index contributed by atoms with van der Waals surface area (Å²) in [6.07, 6.45) is 6.10. The number of hydrogen-bond acceptors (Lipinski definition) is 4. The zero-order chi connectivity index (χ0) is 31.1. The molecule has 0 saturated heterocycles. The highest BCUT2D eigenvalue weighted by molar-refractivity contribution is 5.84. The molecule has 0 aliphatic heterocycles. The van der Waals surface area contributed by atoms with Crippen molar-refractivity contribution in [1.82, 2.24) is 0 Å². The van der Waals surface area contributed by atoms with Crippen LogP contribution in [0.15, 0.2) is 66.7 Å². The lowest BCUT2D eigenvalue weighted by Crippen LogP contribution is -2.28. The molecule has 0 spiro atoms. The maximum Gasteiger partial charge on any atom is 0.150 e. The van der Waals surface area contributed by atoms with E-state index in [4.69, 9.17) is 0 Å². The van der Waals surface area contributed by atoms with E-state index in [9.17, 15) is 19.2 Å². The van der Waals surface area contributed by atoms with Crippen LogP contribution in [0.2, 0.25) is 0 Å². The first-order chi connectivity index (χ1) is 21.4. The van der Waals surface area contributed by atoms with Gasteiger partial charge in [0.05, 0.1) is 0 Å². The van der Waals surface area contributed by atoms with E-state index in [1.807, 2.05) is 42.5 Å². The first-order valence-electron chi connectivity index (χ1n) is 15.8. The molecule has 3 aliphatic carbocycles. The molecule has 3 aliphatic rings. The number of aldehydes is 4. The molecule has 0 N–H and O–H groups in total. The van der Waals surface area contributed by atoms with Crippen molar-refractivity contribution in [2.45, 2.75) is 76.5 Å². The van der Waals surface area contributed by atoms with E-state index in [0.717, 1.165) is 88.9 Å². The van der Waals surface area contributed by atoms with Crippen molar-refractivity contribution < 1.29 is 19.2 Å². The molecule has 0 fully saturated rings. The third-order valence-corrected chi connectivity index (χ3v) is 10.4. The summed E-state index contributed by atoms with van der Waals surface area (Å²) in [5, 5.41) is 0. The summed E-state index contributed by atoms with van der Waals surface area (Å²) >= 11 is 0. The van der Waals surface area contributed by atoms with Crippen molar-refractivity contribution in [1.29, 1.82) is 0 Å². The number of carbonyl (C=O) groups excluding carboxylic acids is 4. The lowest BCUT2D eigenvalue weighted by molar-refractivity contribution is 0.111. The van der Waals surface area contributed by atoms with Crippen molar-refractivity contribution in [3.63, 3.8) is 0 Å². The highest BCUT2D eigenvalue weighted by atomic mass is 16.1. The van der Waals surface area contributed by atoms with Crippen LogP contribution in [0.25, 0.3) is 0 Å². The lowest BCUT2D eigenvalue weighted by Gasteiger charge is -2.42. The van der Waals surface area contributed by atoms with Crippen LogP contribution >= 0.6 is 0 Å². The smallest absolute Gasteiger partial charge is 0.150 e. The fourth-order valence-corrected chi connectivity index (χ4v) is 8.22. The first-order valence-corrected chi connectivity index (χ1v) is 15.8. The van der Waals surface area contributed by atoms with Crippen LogP contribution in [-0.4, -0.2) is 25.1 Å². The second kappa shape index (κ2) is 11.9. The van der Waals surface area contributed by atoms with Crippen LogP contribution in [0.1, 0.15) is 168 Å². The van der Waals surface area contributed by atoms with E-state index in [-0.39, 0.29) is 29.6 Å². The van der Waals surface area contributed by atoms with E-state index < -0.39 is 0 Å². The van der Waals surface area contributed by atoms with E-state index >= 15 is 0 Å². The topological polar surface area (TPSA) is 68.3 Å². The summed E-state index contributed by atoms with van der Waals surface area (Å²) in [5.74, 6) is 0.0264. The third-order valence-electron chi connectivity index (χ3n) is 10.4. The molecule has 10 bridgehead atoms. The average molecular weight is 583 g/mol. The molecule has 5 atom stereocenters. The molecule has 0 amide bonds. The molecule has 7 rings (SSSR count). The quantitative estimate of drug-likeness (QED) is 0.204. The van der Waals surface area contributed by atoms with Gasteiger partial charge < -0.3 is 0 Å². The molecule has 0 aromatic heterocycles. The summed E-state index contributed by atoms with van der Waals surface area (Å²) in [6, 6.07) is 22.3. The van der Waals surface area contributed by atoms with Gasteiger partial charge in [-0.05, 0) is 75.3 Å². The second-order valence-electron chi connectivity index (χ2n) is 12.4. The van der Waals surface area contributed by atoms with E-state index in [1.54, 1.807) is 0 Å². The largest absolute Gasteiger partial charge is 0.298 e. The van der Waals surface area contributed by atoms with Crippen molar-refractivity contribution in [3.05, 3.63) is 139 Å². The molecule has 4 aromatic rings. The number of rotatable bonds is 7. The van der Waals surface area contributed by atoms with Gasteiger partial charge >= 0.3 is 0 Å². The monoisotopic (exact) mass is 582 g/mol. The number of hydrogen-bond donors (Lipinski definition) is 0. The molecular formula is C40H38O4. The molecule has 5 unspecified atom stereocenters. The van der Waals surface area contributed by atoms with Gasteiger partial charge in [0.25, 0.3) is 0 Å². The van der Waals surface area contributed by atoms with Crippen LogP contribution in [0, 0.1) is 0 Å². The minimum absolute atomic E-state index is 0.0156. The van der Waals surface area contributed by atoms with Gasteiger partial charge in [0.1, 0.15) is 25.1 Å². The zero-order valence-electron chi connectivity index (χ0n) is 25.8. The summed E-state index contributed by atoms with van der Waals surface area (Å²) in [4.78, 5) is 49.5. The fourth-order valence-electron chi connectivity index (χ4n) is 8.22. The summed E-state index contributed by atoms with van der Waals surface area (Å²) < 4.78 is 0. The van der Waals surface area contributed by atoms with Gasteiger partial charge in [-0.3, -0.25) is 19.2 Å². The van der Waals surface area contributed by atoms with Gasteiger partial charge in [-0.2, -0.15) is 0 Å². The number of benzene rings is 4. The van der Waals surface area contributed by atoms with Gasteiger partial charge in [0.2, 0.25) is 0 Å². The highest BCUT2D eigenvalue weighted by Gasteiger charge is 2.41. The van der Waals surface area contributed by atoms with Gasteiger partial charge in [0.15, 0.2) is 0 Å². The SMILES string of the molecule is CCC1c2ccc(C=O)c(c2)C(CC)c2ccc(C=O)c3c2C(C)C3c2ccc(C=O)c(c2)C(CC)c2ccc(C=O)c1c2.